The van der Waals surface area contributed by atoms with Gasteiger partial charge in [0.05, 0.1) is 6.26 Å². The van der Waals surface area contributed by atoms with Crippen LogP contribution in [0.15, 0.2) is 0 Å². The Hall–Kier alpha value is 0.390. The molecule has 0 aromatic rings. The Bertz CT molecular complexity index is 281. The first-order valence-corrected chi connectivity index (χ1v) is 7.93. The van der Waals surface area contributed by atoms with E-state index in [2.05, 4.69) is 27.6 Å². The summed E-state index contributed by atoms with van der Waals surface area (Å²) < 4.78 is 25.2. The van der Waals surface area contributed by atoms with Crippen molar-refractivity contribution in [3.05, 3.63) is 0 Å². The molecule has 84 valence electrons. The minimum absolute atomic E-state index is 0.236. The normalized spacial score (nSPS) is 34.4. The molecule has 0 aromatic carbocycles. The largest absolute Gasteiger partial charge is 0.213 e. The third kappa shape index (κ3) is 3.51. The zero-order chi connectivity index (χ0) is 10.8. The van der Waals surface area contributed by atoms with Crippen molar-refractivity contribution in [1.29, 1.82) is 0 Å². The van der Waals surface area contributed by atoms with Crippen LogP contribution < -0.4 is 4.72 Å². The van der Waals surface area contributed by atoms with Gasteiger partial charge in [-0.05, 0) is 31.6 Å². The van der Waals surface area contributed by atoms with E-state index in [0.29, 0.717) is 5.33 Å². The summed E-state index contributed by atoms with van der Waals surface area (Å²) in [4.78, 5) is 0. The van der Waals surface area contributed by atoms with Crippen LogP contribution in [0.5, 0.6) is 0 Å². The Morgan fingerprint density at radius 2 is 1.93 bits per heavy atom. The molecule has 0 unspecified atom stereocenters. The molecule has 0 saturated heterocycles. The van der Waals surface area contributed by atoms with Gasteiger partial charge in [-0.1, -0.05) is 22.9 Å². The number of nitrogens with one attached hydrogen (secondary N) is 1. The van der Waals surface area contributed by atoms with Gasteiger partial charge in [-0.2, -0.15) is 0 Å². The van der Waals surface area contributed by atoms with Gasteiger partial charge in [-0.3, -0.25) is 0 Å². The zero-order valence-electron chi connectivity index (χ0n) is 8.72. The van der Waals surface area contributed by atoms with Crippen molar-refractivity contribution >= 4 is 26.0 Å². The van der Waals surface area contributed by atoms with E-state index in [1.54, 1.807) is 0 Å². The summed E-state index contributed by atoms with van der Waals surface area (Å²) in [7, 11) is -3.09. The van der Waals surface area contributed by atoms with Crippen LogP contribution >= 0.6 is 15.9 Å². The van der Waals surface area contributed by atoms with Gasteiger partial charge < -0.3 is 0 Å². The van der Waals surface area contributed by atoms with E-state index in [4.69, 9.17) is 0 Å². The Balaban J connectivity index is 2.68. The van der Waals surface area contributed by atoms with Crippen molar-refractivity contribution in [1.82, 2.24) is 4.72 Å². The lowest BCUT2D eigenvalue weighted by atomic mass is 9.79. The zero-order valence-corrected chi connectivity index (χ0v) is 11.1. The highest BCUT2D eigenvalue weighted by Gasteiger charge is 2.35. The lowest BCUT2D eigenvalue weighted by Gasteiger charge is -2.38. The highest BCUT2D eigenvalue weighted by Crippen LogP contribution is 2.33. The van der Waals surface area contributed by atoms with E-state index in [-0.39, 0.29) is 5.54 Å². The van der Waals surface area contributed by atoms with Crippen LogP contribution in [0.4, 0.5) is 0 Å². The van der Waals surface area contributed by atoms with Gasteiger partial charge in [0.1, 0.15) is 0 Å². The van der Waals surface area contributed by atoms with Crippen LogP contribution in [-0.4, -0.2) is 25.5 Å². The van der Waals surface area contributed by atoms with Crippen LogP contribution in [0.1, 0.15) is 32.6 Å². The fraction of sp³-hybridized carbons (Fsp3) is 1.00. The second-order valence-corrected chi connectivity index (χ2v) is 6.78. The van der Waals surface area contributed by atoms with E-state index >= 15 is 0 Å². The van der Waals surface area contributed by atoms with Crippen molar-refractivity contribution in [2.75, 3.05) is 11.6 Å². The van der Waals surface area contributed by atoms with Crippen LogP contribution in [-0.2, 0) is 10.0 Å². The first-order valence-electron chi connectivity index (χ1n) is 4.92. The third-order valence-electron chi connectivity index (χ3n) is 2.89. The van der Waals surface area contributed by atoms with Gasteiger partial charge in [0, 0.05) is 10.9 Å². The standard InChI is InChI=1S/C9H18BrNO2S/c1-8-3-5-9(7-10,6-4-8)11-14(2,12)13/h8,11H,3-7H2,1-2H3. The molecule has 1 rings (SSSR count). The highest BCUT2D eigenvalue weighted by atomic mass is 79.9. The molecule has 0 aromatic heterocycles. The number of alkyl halides is 1. The van der Waals surface area contributed by atoms with Gasteiger partial charge in [-0.15, -0.1) is 0 Å². The summed E-state index contributed by atoms with van der Waals surface area (Å²) in [6.07, 6.45) is 5.32. The van der Waals surface area contributed by atoms with Gasteiger partial charge in [0.2, 0.25) is 10.0 Å². The molecular formula is C9H18BrNO2S. The van der Waals surface area contributed by atoms with E-state index in [1.165, 1.54) is 6.26 Å². The van der Waals surface area contributed by atoms with Crippen molar-refractivity contribution in [2.45, 2.75) is 38.1 Å². The molecule has 14 heavy (non-hydrogen) atoms. The van der Waals surface area contributed by atoms with Crippen LogP contribution in [0.25, 0.3) is 0 Å². The summed E-state index contributed by atoms with van der Waals surface area (Å²) in [6, 6.07) is 0. The van der Waals surface area contributed by atoms with Crippen LogP contribution in [0, 0.1) is 5.92 Å². The number of halogens is 1. The van der Waals surface area contributed by atoms with Crippen LogP contribution in [0.3, 0.4) is 0 Å². The van der Waals surface area contributed by atoms with E-state index in [0.717, 1.165) is 31.6 Å². The molecule has 0 spiro atoms. The molecule has 1 aliphatic rings. The molecule has 1 aliphatic carbocycles. The van der Waals surface area contributed by atoms with Crippen molar-refractivity contribution in [2.24, 2.45) is 5.92 Å². The smallest absolute Gasteiger partial charge is 0.209 e. The van der Waals surface area contributed by atoms with Gasteiger partial charge in [-0.25, -0.2) is 13.1 Å². The predicted molar refractivity (Wildman–Crippen MR) is 62.1 cm³/mol. The second-order valence-electron chi connectivity index (χ2n) is 4.47. The molecule has 0 radical (unpaired) electrons. The monoisotopic (exact) mass is 283 g/mol. The summed E-state index contributed by atoms with van der Waals surface area (Å²) >= 11 is 3.41. The third-order valence-corrected chi connectivity index (χ3v) is 4.77. The number of hydrogen-bond acceptors (Lipinski definition) is 2. The molecule has 0 aliphatic heterocycles. The maximum atomic E-state index is 11.2. The minimum Gasteiger partial charge on any atom is -0.213 e. The summed E-state index contributed by atoms with van der Waals surface area (Å²) in [5, 5.41) is 0.708. The molecule has 3 nitrogen and oxygen atoms in total. The lowest BCUT2D eigenvalue weighted by Crippen LogP contribution is -2.51. The maximum Gasteiger partial charge on any atom is 0.209 e. The second kappa shape index (κ2) is 4.49. The fourth-order valence-electron chi connectivity index (χ4n) is 1.97. The minimum atomic E-state index is -3.09. The van der Waals surface area contributed by atoms with Gasteiger partial charge in [0.15, 0.2) is 0 Å². The lowest BCUT2D eigenvalue weighted by molar-refractivity contribution is 0.250. The van der Waals surface area contributed by atoms with Gasteiger partial charge >= 0.3 is 0 Å². The van der Waals surface area contributed by atoms with Crippen LogP contribution in [0.2, 0.25) is 0 Å². The Kier molecular flexibility index (Phi) is 4.00. The van der Waals surface area contributed by atoms with E-state index < -0.39 is 10.0 Å². The van der Waals surface area contributed by atoms with E-state index in [1.807, 2.05) is 0 Å². The Labute approximate surface area is 94.8 Å². The van der Waals surface area contributed by atoms with Crippen molar-refractivity contribution in [3.8, 4) is 0 Å². The summed E-state index contributed by atoms with van der Waals surface area (Å²) in [5.74, 6) is 0.725. The molecule has 0 atom stereocenters. The molecule has 0 heterocycles. The fourth-order valence-corrected chi connectivity index (χ4v) is 3.92. The quantitative estimate of drug-likeness (QED) is 0.804. The summed E-state index contributed by atoms with van der Waals surface area (Å²) in [6.45, 7) is 2.22. The first-order chi connectivity index (χ1) is 6.37. The molecule has 0 bridgehead atoms. The summed E-state index contributed by atoms with van der Waals surface area (Å²) in [5.41, 5.74) is -0.236. The van der Waals surface area contributed by atoms with E-state index in [9.17, 15) is 8.42 Å². The average Bonchev–Trinajstić information content (AvgIpc) is 2.07. The Morgan fingerprint density at radius 1 is 1.43 bits per heavy atom. The molecule has 1 saturated carbocycles. The molecule has 5 heteroatoms. The number of rotatable bonds is 3. The highest BCUT2D eigenvalue weighted by molar-refractivity contribution is 9.09. The van der Waals surface area contributed by atoms with Crippen molar-refractivity contribution in [3.63, 3.8) is 0 Å². The van der Waals surface area contributed by atoms with Gasteiger partial charge in [0.25, 0.3) is 0 Å². The first kappa shape index (κ1) is 12.5. The predicted octanol–water partition coefficient (Wildman–Crippen LogP) is 1.88. The topological polar surface area (TPSA) is 46.2 Å². The Morgan fingerprint density at radius 3 is 2.29 bits per heavy atom. The average molecular weight is 284 g/mol. The molecule has 1 fully saturated rings. The SMILES string of the molecule is CC1CCC(CBr)(NS(C)(=O)=O)CC1. The molecule has 1 N–H and O–H groups in total. The number of hydrogen-bond donors (Lipinski definition) is 1. The molecule has 0 amide bonds. The molecular weight excluding hydrogens is 266 g/mol. The van der Waals surface area contributed by atoms with Crippen molar-refractivity contribution < 1.29 is 8.42 Å². The maximum absolute atomic E-state index is 11.2. The number of sulfonamides is 1.